The second-order valence-corrected chi connectivity index (χ2v) is 7.85. The molecule has 150 valence electrons. The van der Waals surface area contributed by atoms with Crippen LogP contribution in [0.2, 0.25) is 0 Å². The van der Waals surface area contributed by atoms with Crippen molar-refractivity contribution in [2.45, 2.75) is 51.6 Å². The third-order valence-electron chi connectivity index (χ3n) is 5.97. The Hall–Kier alpha value is -2.70. The number of rotatable bonds is 5. The molecule has 5 amide bonds. The van der Waals surface area contributed by atoms with E-state index in [1.54, 1.807) is 43.1 Å². The van der Waals surface area contributed by atoms with E-state index >= 15 is 0 Å². The maximum absolute atomic E-state index is 12.8. The molecule has 3 rings (SSSR count). The van der Waals surface area contributed by atoms with Gasteiger partial charge in [-0.25, -0.2) is 14.6 Å². The van der Waals surface area contributed by atoms with E-state index < -0.39 is 30.4 Å². The van der Waals surface area contributed by atoms with Crippen LogP contribution in [0.5, 0.6) is 0 Å². The van der Waals surface area contributed by atoms with Crippen LogP contribution < -0.4 is 0 Å². The van der Waals surface area contributed by atoms with E-state index in [0.717, 1.165) is 41.0 Å². The highest BCUT2D eigenvalue weighted by atomic mass is 16.2. The largest absolute Gasteiger partial charge is 0.341 e. The average molecular weight is 385 g/mol. The summed E-state index contributed by atoms with van der Waals surface area (Å²) in [6.07, 6.45) is 3.96. The first-order chi connectivity index (χ1) is 13.3. The molecule has 1 saturated heterocycles. The molecule has 7 nitrogen and oxygen atoms in total. The van der Waals surface area contributed by atoms with Gasteiger partial charge in [0.2, 0.25) is 5.91 Å². The Balaban J connectivity index is 1.69. The zero-order valence-electron chi connectivity index (χ0n) is 16.6. The van der Waals surface area contributed by atoms with Gasteiger partial charge in [-0.3, -0.25) is 14.4 Å². The smallest absolute Gasteiger partial charge is 0.335 e. The summed E-state index contributed by atoms with van der Waals surface area (Å²) in [5, 5.41) is 0. The number of likely N-dealkylation sites (N-methyl/N-ethyl adjacent to an activating group) is 1. The normalized spacial score (nSPS) is 23.9. The molecule has 1 aliphatic heterocycles. The molecule has 2 aliphatic rings. The van der Waals surface area contributed by atoms with Crippen LogP contribution in [0.3, 0.4) is 0 Å². The van der Waals surface area contributed by atoms with Crippen molar-refractivity contribution in [3.8, 4) is 0 Å². The van der Waals surface area contributed by atoms with Gasteiger partial charge in [-0.2, -0.15) is 0 Å². The van der Waals surface area contributed by atoms with Crippen LogP contribution in [0.15, 0.2) is 30.3 Å². The zero-order valence-corrected chi connectivity index (χ0v) is 16.6. The number of hydrogen-bond acceptors (Lipinski definition) is 4. The molecule has 0 bridgehead atoms. The van der Waals surface area contributed by atoms with Crippen LogP contribution in [-0.4, -0.2) is 58.1 Å². The molecule has 0 radical (unpaired) electrons. The molecule has 2 fully saturated rings. The second kappa shape index (κ2) is 8.12. The Kier molecular flexibility index (Phi) is 5.82. The van der Waals surface area contributed by atoms with Crippen LogP contribution in [0.25, 0.3) is 0 Å². The van der Waals surface area contributed by atoms with E-state index in [1.165, 1.54) is 0 Å². The van der Waals surface area contributed by atoms with Crippen molar-refractivity contribution < 1.29 is 19.2 Å². The van der Waals surface area contributed by atoms with Crippen molar-refractivity contribution in [3.05, 3.63) is 35.9 Å². The van der Waals surface area contributed by atoms with Gasteiger partial charge in [0.1, 0.15) is 6.54 Å². The predicted molar refractivity (Wildman–Crippen MR) is 103 cm³/mol. The fourth-order valence-electron chi connectivity index (χ4n) is 3.96. The molecule has 1 aromatic rings. The van der Waals surface area contributed by atoms with Crippen molar-refractivity contribution in [1.29, 1.82) is 0 Å². The Morgan fingerprint density at radius 3 is 2.29 bits per heavy atom. The highest BCUT2D eigenvalue weighted by Crippen LogP contribution is 2.28. The number of urea groups is 1. The number of carbonyl (C=O) groups excluding carboxylic acids is 4. The van der Waals surface area contributed by atoms with Gasteiger partial charge in [-0.05, 0) is 44.1 Å². The lowest BCUT2D eigenvalue weighted by molar-refractivity contribution is -0.145. The first-order valence-corrected chi connectivity index (χ1v) is 9.80. The van der Waals surface area contributed by atoms with Crippen molar-refractivity contribution >= 4 is 23.8 Å². The minimum atomic E-state index is -0.938. The van der Waals surface area contributed by atoms with Gasteiger partial charge in [0, 0.05) is 13.1 Å². The van der Waals surface area contributed by atoms with E-state index in [4.69, 9.17) is 0 Å². The van der Waals surface area contributed by atoms with Gasteiger partial charge in [0.05, 0.1) is 6.04 Å². The molecule has 1 heterocycles. The van der Waals surface area contributed by atoms with E-state index in [2.05, 4.69) is 6.92 Å². The number of nitrogens with zero attached hydrogens (tertiary/aromatic N) is 3. The SMILES string of the molecule is CC1CCC(N(C)C(=O)CN2C(=O)C(=O)N(C(C)c3ccccc3)C2=O)CC1. The van der Waals surface area contributed by atoms with Crippen LogP contribution >= 0.6 is 0 Å². The molecule has 1 unspecified atom stereocenters. The predicted octanol–water partition coefficient (Wildman–Crippen LogP) is 2.58. The third kappa shape index (κ3) is 3.79. The van der Waals surface area contributed by atoms with Gasteiger partial charge in [0.25, 0.3) is 0 Å². The van der Waals surface area contributed by atoms with Crippen molar-refractivity contribution in [1.82, 2.24) is 14.7 Å². The first kappa shape index (κ1) is 20.0. The van der Waals surface area contributed by atoms with Gasteiger partial charge in [-0.15, -0.1) is 0 Å². The highest BCUT2D eigenvalue weighted by molar-refractivity contribution is 6.45. The summed E-state index contributed by atoms with van der Waals surface area (Å²) in [4.78, 5) is 53.6. The lowest BCUT2D eigenvalue weighted by Crippen LogP contribution is -2.46. The Morgan fingerprint density at radius 2 is 1.68 bits per heavy atom. The zero-order chi connectivity index (χ0) is 20.4. The first-order valence-electron chi connectivity index (χ1n) is 9.80. The Morgan fingerprint density at radius 1 is 1.07 bits per heavy atom. The quantitative estimate of drug-likeness (QED) is 0.576. The van der Waals surface area contributed by atoms with Crippen LogP contribution in [0, 0.1) is 5.92 Å². The summed E-state index contributed by atoms with van der Waals surface area (Å²) in [6, 6.07) is 7.84. The Bertz CT molecular complexity index is 771. The van der Waals surface area contributed by atoms with E-state index in [9.17, 15) is 19.2 Å². The molecule has 1 atom stereocenters. The fraction of sp³-hybridized carbons (Fsp3) is 0.524. The maximum Gasteiger partial charge on any atom is 0.335 e. The van der Waals surface area contributed by atoms with E-state index in [1.807, 2.05) is 6.07 Å². The fourth-order valence-corrected chi connectivity index (χ4v) is 3.96. The molecule has 1 saturated carbocycles. The summed E-state index contributed by atoms with van der Waals surface area (Å²) in [6.45, 7) is 3.50. The lowest BCUT2D eigenvalue weighted by atomic mass is 9.87. The number of amides is 5. The monoisotopic (exact) mass is 385 g/mol. The van der Waals surface area contributed by atoms with Gasteiger partial charge >= 0.3 is 17.8 Å². The van der Waals surface area contributed by atoms with Crippen LogP contribution in [0.4, 0.5) is 4.79 Å². The summed E-state index contributed by atoms with van der Waals surface area (Å²) in [7, 11) is 1.71. The molecule has 1 aromatic carbocycles. The number of imide groups is 2. The standard InChI is InChI=1S/C21H27N3O4/c1-14-9-11-17(12-10-14)22(3)18(25)13-23-19(26)20(27)24(21(23)28)15(2)16-7-5-4-6-8-16/h4-8,14-15,17H,9-13H2,1-3H3. The van der Waals surface area contributed by atoms with E-state index in [-0.39, 0.29) is 11.9 Å². The van der Waals surface area contributed by atoms with Gasteiger partial charge < -0.3 is 4.90 Å². The molecule has 0 aromatic heterocycles. The van der Waals surface area contributed by atoms with Gasteiger partial charge in [0.15, 0.2) is 0 Å². The summed E-state index contributed by atoms with van der Waals surface area (Å²) in [5.41, 5.74) is 0.749. The van der Waals surface area contributed by atoms with Gasteiger partial charge in [-0.1, -0.05) is 37.3 Å². The lowest BCUT2D eigenvalue weighted by Gasteiger charge is -2.34. The van der Waals surface area contributed by atoms with Crippen molar-refractivity contribution in [3.63, 3.8) is 0 Å². The molecule has 1 aliphatic carbocycles. The maximum atomic E-state index is 12.8. The Labute approximate surface area is 165 Å². The topological polar surface area (TPSA) is 78.0 Å². The minimum Gasteiger partial charge on any atom is -0.341 e. The van der Waals surface area contributed by atoms with Crippen LogP contribution in [0.1, 0.15) is 51.1 Å². The minimum absolute atomic E-state index is 0.117. The third-order valence-corrected chi connectivity index (χ3v) is 5.97. The summed E-state index contributed by atoms with van der Waals surface area (Å²) in [5.74, 6) is -1.48. The summed E-state index contributed by atoms with van der Waals surface area (Å²) >= 11 is 0. The highest BCUT2D eigenvalue weighted by Gasteiger charge is 2.48. The molecule has 28 heavy (non-hydrogen) atoms. The number of carbonyl (C=O) groups is 4. The molecular formula is C21H27N3O4. The second-order valence-electron chi connectivity index (χ2n) is 7.85. The van der Waals surface area contributed by atoms with Crippen molar-refractivity contribution in [2.75, 3.05) is 13.6 Å². The number of benzene rings is 1. The molecule has 0 spiro atoms. The number of hydrogen-bond donors (Lipinski definition) is 0. The molecular weight excluding hydrogens is 358 g/mol. The summed E-state index contributed by atoms with van der Waals surface area (Å²) < 4.78 is 0. The van der Waals surface area contributed by atoms with E-state index in [0.29, 0.717) is 5.92 Å². The molecule has 0 N–H and O–H groups in total. The van der Waals surface area contributed by atoms with Crippen LogP contribution in [-0.2, 0) is 14.4 Å². The van der Waals surface area contributed by atoms with Crippen molar-refractivity contribution in [2.24, 2.45) is 5.92 Å². The molecule has 7 heteroatoms. The average Bonchev–Trinajstić information content (AvgIpc) is 2.91.